The molecular weight excluding hydrogens is 482 g/mol. The number of nitrogens with zero attached hydrogens (tertiary/aromatic N) is 3. The van der Waals surface area contributed by atoms with Crippen molar-refractivity contribution in [2.45, 2.75) is 11.8 Å². The van der Waals surface area contributed by atoms with Crippen LogP contribution in [0.2, 0.25) is 0 Å². The van der Waals surface area contributed by atoms with E-state index in [0.29, 0.717) is 22.2 Å². The molecule has 0 aliphatic rings. The summed E-state index contributed by atoms with van der Waals surface area (Å²) in [7, 11) is -4.32. The van der Waals surface area contributed by atoms with Crippen LogP contribution in [-0.4, -0.2) is 36.9 Å². The molecule has 182 valence electrons. The molecular formula is C26H21N3O6S. The summed E-state index contributed by atoms with van der Waals surface area (Å²) in [5.41, 5.74) is 0.503. The van der Waals surface area contributed by atoms with Gasteiger partial charge in [0.2, 0.25) is 0 Å². The number of amides is 1. The smallest absolute Gasteiger partial charge is 0.343 e. The van der Waals surface area contributed by atoms with Gasteiger partial charge < -0.3 is 9.47 Å². The zero-order valence-electron chi connectivity index (χ0n) is 19.1. The highest BCUT2D eigenvalue weighted by Crippen LogP contribution is 2.29. The first kappa shape index (κ1) is 24.6. The average Bonchev–Trinajstić information content (AvgIpc) is 2.91. The van der Waals surface area contributed by atoms with Crippen molar-refractivity contribution < 1.29 is 27.5 Å². The highest BCUT2D eigenvalue weighted by Gasteiger charge is 2.32. The number of hydrogen-bond donors (Lipinski definition) is 0. The Bertz CT molecular complexity index is 1440. The Balaban J connectivity index is 1.68. The van der Waals surface area contributed by atoms with E-state index < -0.39 is 21.9 Å². The van der Waals surface area contributed by atoms with Gasteiger partial charge in [-0.25, -0.2) is 13.2 Å². The number of hydrogen-bond acceptors (Lipinski definition) is 8. The van der Waals surface area contributed by atoms with Crippen LogP contribution in [0.25, 0.3) is 0 Å². The maximum Gasteiger partial charge on any atom is 0.343 e. The number of carbonyl (C=O) groups is 2. The monoisotopic (exact) mass is 503 g/mol. The summed E-state index contributed by atoms with van der Waals surface area (Å²) in [6.07, 6.45) is 5.73. The molecule has 9 nitrogen and oxygen atoms in total. The normalized spacial score (nSPS) is 10.9. The van der Waals surface area contributed by atoms with Crippen molar-refractivity contribution in [2.24, 2.45) is 0 Å². The number of pyridine rings is 2. The van der Waals surface area contributed by atoms with Crippen LogP contribution in [0.3, 0.4) is 0 Å². The van der Waals surface area contributed by atoms with E-state index in [1.54, 1.807) is 0 Å². The molecule has 10 heteroatoms. The zero-order chi connectivity index (χ0) is 25.5. The Morgan fingerprint density at radius 3 is 1.83 bits per heavy atom. The highest BCUT2D eigenvalue weighted by molar-refractivity contribution is 7.93. The van der Waals surface area contributed by atoms with Crippen molar-refractivity contribution in [3.05, 3.63) is 109 Å². The van der Waals surface area contributed by atoms with Gasteiger partial charge in [-0.15, -0.1) is 0 Å². The number of rotatable bonds is 8. The molecule has 0 saturated carbocycles. The highest BCUT2D eigenvalue weighted by atomic mass is 32.2. The third kappa shape index (κ3) is 5.39. The summed E-state index contributed by atoms with van der Waals surface area (Å²) in [6, 6.07) is 17.3. The summed E-state index contributed by atoms with van der Waals surface area (Å²) in [4.78, 5) is 33.3. The van der Waals surface area contributed by atoms with Crippen LogP contribution in [0.1, 0.15) is 27.6 Å². The fourth-order valence-corrected chi connectivity index (χ4v) is 4.67. The molecule has 0 radical (unpaired) electrons. The molecule has 1 amide bonds. The van der Waals surface area contributed by atoms with Crippen LogP contribution in [0.5, 0.6) is 11.5 Å². The lowest BCUT2D eigenvalue weighted by Crippen LogP contribution is -2.37. The van der Waals surface area contributed by atoms with E-state index in [4.69, 9.17) is 9.47 Å². The van der Waals surface area contributed by atoms with E-state index >= 15 is 0 Å². The van der Waals surface area contributed by atoms with E-state index in [0.717, 1.165) is 0 Å². The molecule has 2 aromatic heterocycles. The van der Waals surface area contributed by atoms with Gasteiger partial charge in [0, 0.05) is 30.4 Å². The molecule has 0 fully saturated rings. The number of carbonyl (C=O) groups excluding carboxylic acids is 2. The van der Waals surface area contributed by atoms with Gasteiger partial charge >= 0.3 is 5.97 Å². The third-order valence-electron chi connectivity index (χ3n) is 4.98. The molecule has 0 bridgehead atoms. The predicted octanol–water partition coefficient (Wildman–Crippen LogP) is 4.13. The molecule has 2 heterocycles. The number of sulfonamides is 1. The summed E-state index contributed by atoms with van der Waals surface area (Å²) in [5.74, 6) is -0.691. The van der Waals surface area contributed by atoms with Crippen LogP contribution in [-0.2, 0) is 10.0 Å². The van der Waals surface area contributed by atoms with Crippen LogP contribution in [0, 0.1) is 0 Å². The molecule has 0 N–H and O–H groups in total. The molecule has 0 unspecified atom stereocenters. The minimum atomic E-state index is -4.32. The Labute approximate surface area is 208 Å². The number of ether oxygens (including phenoxy) is 2. The lowest BCUT2D eigenvalue weighted by Gasteiger charge is -2.23. The largest absolute Gasteiger partial charge is 0.494 e. The van der Waals surface area contributed by atoms with E-state index in [1.807, 2.05) is 6.92 Å². The standard InChI is InChI=1S/C26H21N3O6S/c1-2-34-22-7-9-24(10-8-22)36(32,33)29(25(30)19-11-15-27-16-12-19)21-3-5-23(6-4-21)35-26(31)20-13-17-28-18-14-20/h3-18H,2H2,1H3. The zero-order valence-corrected chi connectivity index (χ0v) is 20.0. The van der Waals surface area contributed by atoms with Crippen molar-refractivity contribution >= 4 is 27.6 Å². The van der Waals surface area contributed by atoms with Gasteiger partial charge in [0.15, 0.2) is 0 Å². The summed E-state index contributed by atoms with van der Waals surface area (Å²) in [5, 5.41) is 0. The van der Waals surface area contributed by atoms with Gasteiger partial charge in [-0.05, 0) is 79.7 Å². The molecule has 0 aliphatic carbocycles. The lowest BCUT2D eigenvalue weighted by atomic mass is 10.2. The number of benzene rings is 2. The molecule has 0 saturated heterocycles. The Morgan fingerprint density at radius 2 is 1.28 bits per heavy atom. The van der Waals surface area contributed by atoms with Crippen molar-refractivity contribution in [3.63, 3.8) is 0 Å². The molecule has 0 atom stereocenters. The first-order valence-electron chi connectivity index (χ1n) is 10.8. The third-order valence-corrected chi connectivity index (χ3v) is 6.71. The second-order valence-corrected chi connectivity index (χ2v) is 9.12. The van der Waals surface area contributed by atoms with E-state index in [9.17, 15) is 18.0 Å². The fraction of sp³-hybridized carbons (Fsp3) is 0.0769. The molecule has 2 aromatic carbocycles. The van der Waals surface area contributed by atoms with Gasteiger partial charge in [0.05, 0.1) is 22.8 Å². The molecule has 36 heavy (non-hydrogen) atoms. The number of esters is 1. The number of aromatic nitrogens is 2. The lowest BCUT2D eigenvalue weighted by molar-refractivity contribution is 0.0734. The Kier molecular flexibility index (Phi) is 7.36. The maximum absolute atomic E-state index is 13.6. The van der Waals surface area contributed by atoms with Crippen LogP contribution >= 0.6 is 0 Å². The summed E-state index contributed by atoms with van der Waals surface area (Å²) < 4.78 is 38.7. The summed E-state index contributed by atoms with van der Waals surface area (Å²) in [6.45, 7) is 2.24. The Hall–Kier alpha value is -4.57. The quantitative estimate of drug-likeness (QED) is 0.260. The van der Waals surface area contributed by atoms with Crippen molar-refractivity contribution in [1.29, 1.82) is 0 Å². The van der Waals surface area contributed by atoms with Crippen LogP contribution in [0.4, 0.5) is 5.69 Å². The molecule has 0 spiro atoms. The first-order valence-corrected chi connectivity index (χ1v) is 12.3. The minimum Gasteiger partial charge on any atom is -0.494 e. The fourth-order valence-electron chi connectivity index (χ4n) is 3.26. The SMILES string of the molecule is CCOc1ccc(S(=O)(=O)N(C(=O)c2ccncc2)c2ccc(OC(=O)c3ccncc3)cc2)cc1. The minimum absolute atomic E-state index is 0.0643. The maximum atomic E-state index is 13.6. The molecule has 0 aliphatic heterocycles. The summed E-state index contributed by atoms with van der Waals surface area (Å²) >= 11 is 0. The average molecular weight is 504 g/mol. The Morgan fingerprint density at radius 1 is 0.750 bits per heavy atom. The van der Waals surface area contributed by atoms with Gasteiger partial charge in [-0.2, -0.15) is 4.31 Å². The van der Waals surface area contributed by atoms with Gasteiger partial charge in [-0.3, -0.25) is 14.8 Å². The molecule has 4 rings (SSSR count). The van der Waals surface area contributed by atoms with Gasteiger partial charge in [0.25, 0.3) is 15.9 Å². The van der Waals surface area contributed by atoms with Crippen molar-refractivity contribution in [3.8, 4) is 11.5 Å². The van der Waals surface area contributed by atoms with Crippen LogP contribution in [0.15, 0.2) is 102 Å². The van der Waals surface area contributed by atoms with E-state index in [1.165, 1.54) is 97.6 Å². The van der Waals surface area contributed by atoms with E-state index in [2.05, 4.69) is 9.97 Å². The van der Waals surface area contributed by atoms with Crippen molar-refractivity contribution in [2.75, 3.05) is 10.9 Å². The first-order chi connectivity index (χ1) is 17.4. The second-order valence-electron chi connectivity index (χ2n) is 7.33. The second kappa shape index (κ2) is 10.8. The van der Waals surface area contributed by atoms with E-state index in [-0.39, 0.29) is 21.9 Å². The predicted molar refractivity (Wildman–Crippen MR) is 131 cm³/mol. The molecule has 4 aromatic rings. The topological polar surface area (TPSA) is 116 Å². The van der Waals surface area contributed by atoms with Crippen LogP contribution < -0.4 is 13.8 Å². The number of anilines is 1. The van der Waals surface area contributed by atoms with Gasteiger partial charge in [0.1, 0.15) is 11.5 Å². The van der Waals surface area contributed by atoms with Crippen molar-refractivity contribution in [1.82, 2.24) is 9.97 Å². The van der Waals surface area contributed by atoms with Gasteiger partial charge in [-0.1, -0.05) is 0 Å².